The van der Waals surface area contributed by atoms with Gasteiger partial charge < -0.3 is 15.1 Å². The van der Waals surface area contributed by atoms with E-state index in [1.54, 1.807) is 17.0 Å². The third kappa shape index (κ3) is 5.74. The van der Waals surface area contributed by atoms with E-state index in [4.69, 9.17) is 0 Å². The smallest absolute Gasteiger partial charge is 0.269 e. The summed E-state index contributed by atoms with van der Waals surface area (Å²) < 4.78 is 26.5. The third-order valence-electron chi connectivity index (χ3n) is 5.09. The summed E-state index contributed by atoms with van der Waals surface area (Å²) in [7, 11) is 0. The normalized spacial score (nSPS) is 13.7. The number of benzene rings is 2. The number of anilines is 1. The van der Waals surface area contributed by atoms with Crippen LogP contribution in [0.1, 0.15) is 23.2 Å². The second-order valence-electron chi connectivity index (χ2n) is 7.12. The second-order valence-corrected chi connectivity index (χ2v) is 7.12. The molecule has 0 saturated carbocycles. The fourth-order valence-electron chi connectivity index (χ4n) is 3.37. The number of nitro benzene ring substituents is 1. The van der Waals surface area contributed by atoms with Crippen molar-refractivity contribution < 1.29 is 23.3 Å². The zero-order valence-electron chi connectivity index (χ0n) is 16.7. The van der Waals surface area contributed by atoms with Gasteiger partial charge in [-0.15, -0.1) is 0 Å². The number of nitro groups is 1. The number of carbonyl (C=O) groups excluding carboxylic acids is 2. The topological polar surface area (TPSA) is 95.8 Å². The molecule has 2 amide bonds. The Hall–Kier alpha value is -3.56. The van der Waals surface area contributed by atoms with Gasteiger partial charge in [-0.3, -0.25) is 19.7 Å². The SMILES string of the molecule is O=C(NCCCC(=O)N1CCN(c2ccc([N+](=O)[O-])cc2)CC1)c1ccc(F)cc1F. The summed E-state index contributed by atoms with van der Waals surface area (Å²) in [4.78, 5) is 38.4. The van der Waals surface area contributed by atoms with Crippen LogP contribution in [-0.4, -0.2) is 54.4 Å². The molecular formula is C21H22F2N4O4. The van der Waals surface area contributed by atoms with E-state index in [0.29, 0.717) is 38.7 Å². The van der Waals surface area contributed by atoms with Gasteiger partial charge in [0, 0.05) is 63.0 Å². The highest BCUT2D eigenvalue weighted by Gasteiger charge is 2.21. The van der Waals surface area contributed by atoms with Gasteiger partial charge >= 0.3 is 0 Å². The average Bonchev–Trinajstić information content (AvgIpc) is 2.76. The van der Waals surface area contributed by atoms with Crippen LogP contribution >= 0.6 is 0 Å². The standard InChI is InChI=1S/C21H22F2N4O4/c22-15-3-8-18(19(23)14-15)21(29)24-9-1-2-20(28)26-12-10-25(11-13-26)16-4-6-17(7-5-16)27(30)31/h3-8,14H,1-2,9-13H2,(H,24,29). The summed E-state index contributed by atoms with van der Waals surface area (Å²) in [6, 6.07) is 9.05. The van der Waals surface area contributed by atoms with Crippen LogP contribution in [0, 0.1) is 21.7 Å². The van der Waals surface area contributed by atoms with Crippen molar-refractivity contribution in [3.63, 3.8) is 0 Å². The summed E-state index contributed by atoms with van der Waals surface area (Å²) >= 11 is 0. The largest absolute Gasteiger partial charge is 0.368 e. The molecule has 31 heavy (non-hydrogen) atoms. The molecule has 0 aliphatic carbocycles. The molecule has 0 spiro atoms. The maximum atomic E-state index is 13.6. The molecule has 0 radical (unpaired) electrons. The lowest BCUT2D eigenvalue weighted by atomic mass is 10.2. The molecule has 0 unspecified atom stereocenters. The van der Waals surface area contributed by atoms with Gasteiger partial charge in [0.1, 0.15) is 11.6 Å². The van der Waals surface area contributed by atoms with Crippen molar-refractivity contribution in [1.29, 1.82) is 0 Å². The van der Waals surface area contributed by atoms with Crippen molar-refractivity contribution >= 4 is 23.2 Å². The Morgan fingerprint density at radius 2 is 1.71 bits per heavy atom. The highest BCUT2D eigenvalue weighted by molar-refractivity contribution is 5.94. The molecule has 1 saturated heterocycles. The van der Waals surface area contributed by atoms with Crippen LogP contribution in [0.3, 0.4) is 0 Å². The first-order chi connectivity index (χ1) is 14.8. The van der Waals surface area contributed by atoms with Crippen LogP contribution in [0.2, 0.25) is 0 Å². The molecule has 1 aliphatic rings. The maximum absolute atomic E-state index is 13.6. The van der Waals surface area contributed by atoms with Crippen LogP contribution in [0.25, 0.3) is 0 Å². The molecule has 0 aromatic heterocycles. The Morgan fingerprint density at radius 1 is 1.03 bits per heavy atom. The van der Waals surface area contributed by atoms with E-state index < -0.39 is 22.5 Å². The summed E-state index contributed by atoms with van der Waals surface area (Å²) in [6.07, 6.45) is 0.639. The molecule has 10 heteroatoms. The van der Waals surface area contributed by atoms with Gasteiger partial charge in [-0.1, -0.05) is 0 Å². The lowest BCUT2D eigenvalue weighted by molar-refractivity contribution is -0.384. The number of rotatable bonds is 7. The summed E-state index contributed by atoms with van der Waals surface area (Å²) in [6.45, 7) is 2.49. The van der Waals surface area contributed by atoms with Gasteiger partial charge in [0.25, 0.3) is 11.6 Å². The predicted molar refractivity (Wildman–Crippen MR) is 110 cm³/mol. The van der Waals surface area contributed by atoms with Gasteiger partial charge in [0.2, 0.25) is 5.91 Å². The number of hydrogen-bond donors (Lipinski definition) is 1. The monoisotopic (exact) mass is 432 g/mol. The van der Waals surface area contributed by atoms with Crippen LogP contribution in [-0.2, 0) is 4.79 Å². The molecule has 2 aromatic rings. The molecule has 1 fully saturated rings. The average molecular weight is 432 g/mol. The number of amides is 2. The molecule has 0 atom stereocenters. The van der Waals surface area contributed by atoms with Crippen molar-refractivity contribution in [3.05, 3.63) is 69.8 Å². The lowest BCUT2D eigenvalue weighted by Gasteiger charge is -2.36. The Bertz CT molecular complexity index is 960. The highest BCUT2D eigenvalue weighted by atomic mass is 19.1. The molecule has 8 nitrogen and oxygen atoms in total. The minimum atomic E-state index is -0.931. The number of piperazine rings is 1. The number of non-ortho nitro benzene ring substituents is 1. The first kappa shape index (κ1) is 22.1. The quantitative estimate of drug-likeness (QED) is 0.412. The number of nitrogens with one attached hydrogen (secondary N) is 1. The molecule has 164 valence electrons. The molecule has 3 rings (SSSR count). The zero-order valence-corrected chi connectivity index (χ0v) is 16.7. The predicted octanol–water partition coefficient (Wildman–Crippen LogP) is 2.73. The van der Waals surface area contributed by atoms with Crippen LogP contribution in [0.4, 0.5) is 20.2 Å². The Kier molecular flexibility index (Phi) is 7.11. The number of nitrogens with zero attached hydrogens (tertiary/aromatic N) is 3. The molecule has 2 aromatic carbocycles. The highest BCUT2D eigenvalue weighted by Crippen LogP contribution is 2.21. The van der Waals surface area contributed by atoms with Crippen molar-refractivity contribution in [3.8, 4) is 0 Å². The first-order valence-electron chi connectivity index (χ1n) is 9.85. The molecule has 0 bridgehead atoms. The fraction of sp³-hybridized carbons (Fsp3) is 0.333. The molecule has 1 aliphatic heterocycles. The lowest BCUT2D eigenvalue weighted by Crippen LogP contribution is -2.48. The third-order valence-corrected chi connectivity index (χ3v) is 5.09. The number of hydrogen-bond acceptors (Lipinski definition) is 5. The number of halogens is 2. The van der Waals surface area contributed by atoms with Crippen LogP contribution in [0.15, 0.2) is 42.5 Å². The first-order valence-corrected chi connectivity index (χ1v) is 9.85. The Morgan fingerprint density at radius 3 is 2.32 bits per heavy atom. The Balaban J connectivity index is 1.39. The van der Waals surface area contributed by atoms with Gasteiger partial charge in [0.15, 0.2) is 0 Å². The number of carbonyl (C=O) groups is 2. The van der Waals surface area contributed by atoms with Crippen LogP contribution < -0.4 is 10.2 Å². The summed E-state index contributed by atoms with van der Waals surface area (Å²) in [5, 5.41) is 13.3. The molecular weight excluding hydrogens is 410 g/mol. The van der Waals surface area contributed by atoms with Crippen molar-refractivity contribution in [2.24, 2.45) is 0 Å². The van der Waals surface area contributed by atoms with E-state index in [1.165, 1.54) is 12.1 Å². The zero-order chi connectivity index (χ0) is 22.4. The van der Waals surface area contributed by atoms with Crippen molar-refractivity contribution in [2.75, 3.05) is 37.6 Å². The minimum absolute atomic E-state index is 0.0341. The van der Waals surface area contributed by atoms with Gasteiger partial charge in [-0.05, 0) is 30.7 Å². The van der Waals surface area contributed by atoms with Gasteiger partial charge in [-0.25, -0.2) is 8.78 Å². The molecule has 1 N–H and O–H groups in total. The second kappa shape index (κ2) is 9.96. The van der Waals surface area contributed by atoms with E-state index in [-0.39, 0.29) is 30.1 Å². The van der Waals surface area contributed by atoms with E-state index in [1.807, 2.05) is 0 Å². The van der Waals surface area contributed by atoms with E-state index >= 15 is 0 Å². The van der Waals surface area contributed by atoms with Gasteiger partial charge in [-0.2, -0.15) is 0 Å². The fourth-order valence-corrected chi connectivity index (χ4v) is 3.37. The van der Waals surface area contributed by atoms with Gasteiger partial charge in [0.05, 0.1) is 10.5 Å². The van der Waals surface area contributed by atoms with E-state index in [0.717, 1.165) is 17.8 Å². The molecule has 1 heterocycles. The Labute approximate surface area is 177 Å². The van der Waals surface area contributed by atoms with Crippen molar-refractivity contribution in [2.45, 2.75) is 12.8 Å². The summed E-state index contributed by atoms with van der Waals surface area (Å²) in [5.41, 5.74) is 0.662. The summed E-state index contributed by atoms with van der Waals surface area (Å²) in [5.74, 6) is -2.37. The van der Waals surface area contributed by atoms with Crippen molar-refractivity contribution in [1.82, 2.24) is 10.2 Å². The van der Waals surface area contributed by atoms with Crippen LogP contribution in [0.5, 0.6) is 0 Å². The minimum Gasteiger partial charge on any atom is -0.368 e. The van der Waals surface area contributed by atoms with E-state index in [2.05, 4.69) is 10.2 Å². The van der Waals surface area contributed by atoms with E-state index in [9.17, 15) is 28.5 Å². The maximum Gasteiger partial charge on any atom is 0.269 e.